The molecule has 0 unspecified atom stereocenters. The van der Waals surface area contributed by atoms with Crippen molar-refractivity contribution in [3.05, 3.63) is 83.7 Å². The first kappa shape index (κ1) is 20.2. The number of amides is 2. The zero-order valence-corrected chi connectivity index (χ0v) is 15.3. The van der Waals surface area contributed by atoms with Gasteiger partial charge >= 0.3 is 12.4 Å². The van der Waals surface area contributed by atoms with E-state index >= 15 is 0 Å². The quantitative estimate of drug-likeness (QED) is 0.629. The van der Waals surface area contributed by atoms with Gasteiger partial charge in [0.15, 0.2) is 0 Å². The number of benzene rings is 2. The molecule has 0 radical (unpaired) electrons. The molecule has 0 aliphatic rings. The predicted octanol–water partition coefficient (Wildman–Crippen LogP) is 3.83. The third kappa shape index (κ3) is 6.56. The van der Waals surface area contributed by atoms with Crippen LogP contribution in [0.4, 0.5) is 18.0 Å². The molecule has 0 saturated heterocycles. The van der Waals surface area contributed by atoms with Crippen LogP contribution in [0, 0.1) is 0 Å². The molecule has 1 heterocycles. The normalized spacial score (nSPS) is 11.1. The number of carbonyl (C=O) groups excluding carboxylic acids is 1. The Bertz CT molecular complexity index is 926. The van der Waals surface area contributed by atoms with Gasteiger partial charge in [0.2, 0.25) is 0 Å². The standard InChI is InChI=1S/C20H19F3N4O2/c21-20(22,23)29-18-8-6-15(7-9-18)12-24-19(28)25-13-16-4-1-2-5-17(16)14-27-11-3-10-26-27/h1-11H,12-14H2,(H2,24,25,28). The van der Waals surface area contributed by atoms with Crippen LogP contribution in [0.2, 0.25) is 0 Å². The fourth-order valence-corrected chi connectivity index (χ4v) is 2.68. The number of nitrogens with one attached hydrogen (secondary N) is 2. The number of hydrogen-bond donors (Lipinski definition) is 2. The first-order valence-corrected chi connectivity index (χ1v) is 8.80. The highest BCUT2D eigenvalue weighted by atomic mass is 19.4. The fourth-order valence-electron chi connectivity index (χ4n) is 2.68. The number of ether oxygens (including phenoxy) is 1. The molecule has 2 N–H and O–H groups in total. The monoisotopic (exact) mass is 404 g/mol. The Morgan fingerprint density at radius 3 is 2.31 bits per heavy atom. The lowest BCUT2D eigenvalue weighted by molar-refractivity contribution is -0.274. The van der Waals surface area contributed by atoms with Crippen LogP contribution in [-0.4, -0.2) is 22.2 Å². The lowest BCUT2D eigenvalue weighted by Gasteiger charge is -2.12. The molecule has 29 heavy (non-hydrogen) atoms. The van der Waals surface area contributed by atoms with Crippen LogP contribution < -0.4 is 15.4 Å². The third-order valence-corrected chi connectivity index (χ3v) is 4.06. The van der Waals surface area contributed by atoms with Gasteiger partial charge in [-0.05, 0) is 34.9 Å². The highest BCUT2D eigenvalue weighted by molar-refractivity contribution is 5.73. The molecule has 0 aliphatic heterocycles. The van der Waals surface area contributed by atoms with Crippen molar-refractivity contribution < 1.29 is 22.7 Å². The summed E-state index contributed by atoms with van der Waals surface area (Å²) >= 11 is 0. The van der Waals surface area contributed by atoms with E-state index in [9.17, 15) is 18.0 Å². The molecule has 0 spiro atoms. The van der Waals surface area contributed by atoms with Crippen molar-refractivity contribution in [3.8, 4) is 5.75 Å². The van der Waals surface area contributed by atoms with Crippen molar-refractivity contribution in [2.75, 3.05) is 0 Å². The van der Waals surface area contributed by atoms with Gasteiger partial charge in [0, 0.05) is 25.5 Å². The summed E-state index contributed by atoms with van der Waals surface area (Å²) in [6.07, 6.45) is -1.16. The Hall–Kier alpha value is -3.49. The molecule has 3 aromatic rings. The van der Waals surface area contributed by atoms with Crippen molar-refractivity contribution in [1.29, 1.82) is 0 Å². The summed E-state index contributed by atoms with van der Waals surface area (Å²) in [4.78, 5) is 12.1. The summed E-state index contributed by atoms with van der Waals surface area (Å²) in [5.41, 5.74) is 2.65. The molecule has 0 fully saturated rings. The topological polar surface area (TPSA) is 68.2 Å². The molecular weight excluding hydrogens is 385 g/mol. The Balaban J connectivity index is 1.48. The molecule has 2 amide bonds. The van der Waals surface area contributed by atoms with E-state index in [1.807, 2.05) is 36.5 Å². The first-order chi connectivity index (χ1) is 13.9. The van der Waals surface area contributed by atoms with Crippen molar-refractivity contribution in [2.24, 2.45) is 0 Å². The molecule has 2 aromatic carbocycles. The number of carbonyl (C=O) groups is 1. The number of hydrogen-bond acceptors (Lipinski definition) is 3. The van der Waals surface area contributed by atoms with Crippen LogP contribution in [0.15, 0.2) is 67.0 Å². The average molecular weight is 404 g/mol. The lowest BCUT2D eigenvalue weighted by Crippen LogP contribution is -2.34. The second kappa shape index (κ2) is 9.13. The molecule has 0 saturated carbocycles. The zero-order valence-electron chi connectivity index (χ0n) is 15.3. The van der Waals surface area contributed by atoms with E-state index in [0.29, 0.717) is 18.7 Å². The third-order valence-electron chi connectivity index (χ3n) is 4.06. The van der Waals surface area contributed by atoms with E-state index in [-0.39, 0.29) is 18.3 Å². The van der Waals surface area contributed by atoms with E-state index in [0.717, 1.165) is 11.1 Å². The number of nitrogens with zero attached hydrogens (tertiary/aromatic N) is 2. The van der Waals surface area contributed by atoms with Crippen molar-refractivity contribution in [1.82, 2.24) is 20.4 Å². The first-order valence-electron chi connectivity index (χ1n) is 8.80. The molecule has 3 rings (SSSR count). The van der Waals surface area contributed by atoms with Gasteiger partial charge in [0.25, 0.3) is 0 Å². The van der Waals surface area contributed by atoms with Gasteiger partial charge in [0.05, 0.1) is 6.54 Å². The van der Waals surface area contributed by atoms with Crippen LogP contribution >= 0.6 is 0 Å². The van der Waals surface area contributed by atoms with Gasteiger partial charge in [0.1, 0.15) is 5.75 Å². The summed E-state index contributed by atoms with van der Waals surface area (Å²) in [5.74, 6) is -0.306. The van der Waals surface area contributed by atoms with E-state index < -0.39 is 6.36 Å². The van der Waals surface area contributed by atoms with E-state index in [1.165, 1.54) is 24.3 Å². The Morgan fingerprint density at radius 1 is 0.966 bits per heavy atom. The Kier molecular flexibility index (Phi) is 6.38. The van der Waals surface area contributed by atoms with Crippen molar-refractivity contribution in [3.63, 3.8) is 0 Å². The van der Waals surface area contributed by atoms with E-state index in [1.54, 1.807) is 10.9 Å². The molecule has 152 valence electrons. The maximum absolute atomic E-state index is 12.2. The van der Waals surface area contributed by atoms with Crippen LogP contribution in [0.5, 0.6) is 5.75 Å². The zero-order chi connectivity index (χ0) is 20.7. The highest BCUT2D eigenvalue weighted by Crippen LogP contribution is 2.22. The minimum Gasteiger partial charge on any atom is -0.406 e. The Morgan fingerprint density at radius 2 is 1.66 bits per heavy atom. The van der Waals surface area contributed by atoms with Gasteiger partial charge in [-0.25, -0.2) is 4.79 Å². The van der Waals surface area contributed by atoms with Gasteiger partial charge < -0.3 is 15.4 Å². The van der Waals surface area contributed by atoms with E-state index in [4.69, 9.17) is 0 Å². The van der Waals surface area contributed by atoms with Gasteiger partial charge in [-0.3, -0.25) is 4.68 Å². The summed E-state index contributed by atoms with van der Waals surface area (Å²) in [7, 11) is 0. The summed E-state index contributed by atoms with van der Waals surface area (Å²) in [6, 6.07) is 14.5. The number of aromatic nitrogens is 2. The van der Waals surface area contributed by atoms with Gasteiger partial charge in [-0.15, -0.1) is 13.2 Å². The van der Waals surface area contributed by atoms with Gasteiger partial charge in [-0.1, -0.05) is 36.4 Å². The van der Waals surface area contributed by atoms with Gasteiger partial charge in [-0.2, -0.15) is 5.10 Å². The molecular formula is C20H19F3N4O2. The summed E-state index contributed by atoms with van der Waals surface area (Å²) in [6.45, 7) is 1.10. The average Bonchev–Trinajstić information content (AvgIpc) is 3.19. The van der Waals surface area contributed by atoms with Crippen LogP contribution in [0.25, 0.3) is 0 Å². The summed E-state index contributed by atoms with van der Waals surface area (Å²) < 4.78 is 42.1. The molecule has 0 bridgehead atoms. The second-order valence-electron chi connectivity index (χ2n) is 6.20. The lowest BCUT2D eigenvalue weighted by atomic mass is 10.1. The number of urea groups is 1. The largest absolute Gasteiger partial charge is 0.573 e. The minimum absolute atomic E-state index is 0.174. The van der Waals surface area contributed by atoms with Crippen LogP contribution in [-0.2, 0) is 19.6 Å². The molecule has 6 nitrogen and oxygen atoms in total. The Labute approximate surface area is 165 Å². The molecule has 9 heteroatoms. The number of rotatable bonds is 7. The molecule has 1 aromatic heterocycles. The maximum Gasteiger partial charge on any atom is 0.573 e. The van der Waals surface area contributed by atoms with Crippen LogP contribution in [0.3, 0.4) is 0 Å². The SMILES string of the molecule is O=C(NCc1ccc(OC(F)(F)F)cc1)NCc1ccccc1Cn1cccn1. The number of alkyl halides is 3. The fraction of sp³-hybridized carbons (Fsp3) is 0.200. The van der Waals surface area contributed by atoms with E-state index in [2.05, 4.69) is 20.5 Å². The van der Waals surface area contributed by atoms with Crippen molar-refractivity contribution >= 4 is 6.03 Å². The van der Waals surface area contributed by atoms with Crippen molar-refractivity contribution in [2.45, 2.75) is 26.0 Å². The smallest absolute Gasteiger partial charge is 0.406 e. The highest BCUT2D eigenvalue weighted by Gasteiger charge is 2.30. The molecule has 0 aliphatic carbocycles. The maximum atomic E-state index is 12.2. The minimum atomic E-state index is -4.73. The van der Waals surface area contributed by atoms with Crippen LogP contribution in [0.1, 0.15) is 16.7 Å². The predicted molar refractivity (Wildman–Crippen MR) is 100.0 cm³/mol. The summed E-state index contributed by atoms with van der Waals surface area (Å²) in [5, 5.41) is 9.63. The second-order valence-corrected chi connectivity index (χ2v) is 6.20. The molecule has 0 atom stereocenters. The number of halogens is 3.